The molecule has 3 rings (SSSR count). The first-order valence-electron chi connectivity index (χ1n) is 8.18. The van der Waals surface area contributed by atoms with Gasteiger partial charge in [0.25, 0.3) is 11.6 Å². The van der Waals surface area contributed by atoms with Crippen LogP contribution in [0, 0.1) is 6.92 Å². The molecular formula is C17H21N3O4. The Morgan fingerprint density at radius 2 is 2.21 bits per heavy atom. The first-order chi connectivity index (χ1) is 11.4. The van der Waals surface area contributed by atoms with Gasteiger partial charge in [-0.1, -0.05) is 19.0 Å². The first-order valence-corrected chi connectivity index (χ1v) is 8.18. The molecule has 0 saturated carbocycles. The van der Waals surface area contributed by atoms with Crippen molar-refractivity contribution in [1.29, 1.82) is 0 Å². The van der Waals surface area contributed by atoms with Gasteiger partial charge >= 0.3 is 5.97 Å². The van der Waals surface area contributed by atoms with Gasteiger partial charge in [-0.3, -0.25) is 9.59 Å². The Hall–Kier alpha value is -2.44. The quantitative estimate of drug-likeness (QED) is 0.925. The maximum absolute atomic E-state index is 13.1. The van der Waals surface area contributed by atoms with Crippen molar-refractivity contribution in [3.05, 3.63) is 23.0 Å². The summed E-state index contributed by atoms with van der Waals surface area (Å²) in [4.78, 5) is 30.3. The van der Waals surface area contributed by atoms with E-state index in [4.69, 9.17) is 9.63 Å². The molecule has 0 aliphatic carbocycles. The van der Waals surface area contributed by atoms with Crippen molar-refractivity contribution >= 4 is 23.0 Å². The van der Waals surface area contributed by atoms with Gasteiger partial charge in [-0.2, -0.15) is 0 Å². The zero-order valence-electron chi connectivity index (χ0n) is 14.1. The van der Waals surface area contributed by atoms with E-state index in [-0.39, 0.29) is 24.3 Å². The molecule has 0 spiro atoms. The summed E-state index contributed by atoms with van der Waals surface area (Å²) in [5.41, 5.74) is 2.23. The van der Waals surface area contributed by atoms with Crippen LogP contribution in [-0.2, 0) is 4.79 Å². The Labute approximate surface area is 139 Å². The van der Waals surface area contributed by atoms with Gasteiger partial charge in [-0.05, 0) is 31.7 Å². The lowest BCUT2D eigenvalue weighted by molar-refractivity contribution is -0.137. The topological polar surface area (TPSA) is 96.5 Å². The molecule has 0 bridgehead atoms. The molecule has 1 atom stereocenters. The molecule has 7 heteroatoms. The number of amides is 1. The van der Waals surface area contributed by atoms with Crippen LogP contribution < -0.4 is 0 Å². The van der Waals surface area contributed by atoms with Crippen LogP contribution in [0.15, 0.2) is 10.6 Å². The third kappa shape index (κ3) is 2.86. The Morgan fingerprint density at radius 1 is 1.46 bits per heavy atom. The number of hydrogen-bond donors (Lipinski definition) is 1. The van der Waals surface area contributed by atoms with Crippen molar-refractivity contribution in [2.24, 2.45) is 0 Å². The summed E-state index contributed by atoms with van der Waals surface area (Å²) < 4.78 is 5.26. The first kappa shape index (κ1) is 16.4. The van der Waals surface area contributed by atoms with E-state index in [1.54, 1.807) is 17.9 Å². The highest BCUT2D eigenvalue weighted by Gasteiger charge is 2.33. The summed E-state index contributed by atoms with van der Waals surface area (Å²) >= 11 is 0. The Morgan fingerprint density at radius 3 is 2.88 bits per heavy atom. The highest BCUT2D eigenvalue weighted by atomic mass is 16.5. The third-order valence-corrected chi connectivity index (χ3v) is 4.51. The van der Waals surface area contributed by atoms with Crippen LogP contribution in [0.2, 0.25) is 0 Å². The molecule has 0 radical (unpaired) electrons. The SMILES string of the molecule is Cc1noc2nc(C(C)C)cc(C(=O)N3CCCC3CC(=O)O)c12. The fraction of sp³-hybridized carbons (Fsp3) is 0.529. The Balaban J connectivity index is 2.05. The summed E-state index contributed by atoms with van der Waals surface area (Å²) in [6.07, 6.45) is 1.50. The van der Waals surface area contributed by atoms with Crippen molar-refractivity contribution in [1.82, 2.24) is 15.0 Å². The van der Waals surface area contributed by atoms with Gasteiger partial charge in [0.1, 0.15) is 0 Å². The molecule has 1 fully saturated rings. The van der Waals surface area contributed by atoms with Crippen LogP contribution in [0.25, 0.3) is 11.1 Å². The number of carbonyl (C=O) groups excluding carboxylic acids is 1. The predicted octanol–water partition coefficient (Wildman–Crippen LogP) is 2.73. The van der Waals surface area contributed by atoms with Crippen LogP contribution >= 0.6 is 0 Å². The molecule has 1 unspecified atom stereocenters. The second-order valence-corrected chi connectivity index (χ2v) is 6.59. The minimum atomic E-state index is -0.886. The molecule has 2 aromatic rings. The number of carbonyl (C=O) groups is 2. The molecule has 0 aromatic carbocycles. The van der Waals surface area contributed by atoms with E-state index in [1.807, 2.05) is 13.8 Å². The van der Waals surface area contributed by atoms with E-state index < -0.39 is 5.97 Å². The molecule has 7 nitrogen and oxygen atoms in total. The summed E-state index contributed by atoms with van der Waals surface area (Å²) in [5, 5.41) is 13.6. The fourth-order valence-corrected chi connectivity index (χ4v) is 3.25. The van der Waals surface area contributed by atoms with E-state index >= 15 is 0 Å². The van der Waals surface area contributed by atoms with Crippen molar-refractivity contribution in [2.45, 2.75) is 52.0 Å². The zero-order valence-corrected chi connectivity index (χ0v) is 14.1. The molecular weight excluding hydrogens is 310 g/mol. The van der Waals surface area contributed by atoms with Crippen LogP contribution in [0.3, 0.4) is 0 Å². The molecule has 1 aliphatic rings. The third-order valence-electron chi connectivity index (χ3n) is 4.51. The lowest BCUT2D eigenvalue weighted by Crippen LogP contribution is -2.37. The fourth-order valence-electron chi connectivity index (χ4n) is 3.25. The lowest BCUT2D eigenvalue weighted by atomic mass is 10.0. The number of aryl methyl sites for hydroxylation is 1. The maximum Gasteiger partial charge on any atom is 0.305 e. The minimum absolute atomic E-state index is 0.0282. The number of rotatable bonds is 4. The number of likely N-dealkylation sites (tertiary alicyclic amines) is 1. The van der Waals surface area contributed by atoms with E-state index in [0.29, 0.717) is 35.3 Å². The van der Waals surface area contributed by atoms with Gasteiger partial charge in [-0.15, -0.1) is 0 Å². The average Bonchev–Trinajstić information content (AvgIpc) is 3.12. The van der Waals surface area contributed by atoms with Crippen molar-refractivity contribution in [2.75, 3.05) is 6.54 Å². The second-order valence-electron chi connectivity index (χ2n) is 6.59. The van der Waals surface area contributed by atoms with Crippen LogP contribution in [0.5, 0.6) is 0 Å². The van der Waals surface area contributed by atoms with Gasteiger partial charge in [0.15, 0.2) is 0 Å². The summed E-state index contributed by atoms with van der Waals surface area (Å²) in [6.45, 7) is 6.34. The van der Waals surface area contributed by atoms with E-state index in [2.05, 4.69) is 10.1 Å². The van der Waals surface area contributed by atoms with Gasteiger partial charge in [-0.25, -0.2) is 4.98 Å². The largest absolute Gasteiger partial charge is 0.481 e. The molecule has 1 amide bonds. The molecule has 1 aliphatic heterocycles. The molecule has 1 saturated heterocycles. The van der Waals surface area contributed by atoms with Gasteiger partial charge in [0.2, 0.25) is 0 Å². The van der Waals surface area contributed by atoms with Gasteiger partial charge < -0.3 is 14.5 Å². The number of aliphatic carboxylic acids is 1. The second kappa shape index (κ2) is 6.22. The highest BCUT2D eigenvalue weighted by Crippen LogP contribution is 2.29. The number of carboxylic acids is 1. The Kier molecular flexibility index (Phi) is 4.26. The van der Waals surface area contributed by atoms with Crippen molar-refractivity contribution in [3.63, 3.8) is 0 Å². The van der Waals surface area contributed by atoms with E-state index in [9.17, 15) is 9.59 Å². The summed E-state index contributed by atoms with van der Waals surface area (Å²) in [6, 6.07) is 1.52. The molecule has 2 aromatic heterocycles. The number of aromatic nitrogens is 2. The number of carboxylic acid groups (broad SMARTS) is 1. The smallest absolute Gasteiger partial charge is 0.305 e. The molecule has 1 N–H and O–H groups in total. The minimum Gasteiger partial charge on any atom is -0.481 e. The van der Waals surface area contributed by atoms with Crippen molar-refractivity contribution in [3.8, 4) is 0 Å². The normalized spacial score (nSPS) is 17.8. The summed E-state index contributed by atoms with van der Waals surface area (Å²) in [7, 11) is 0. The summed E-state index contributed by atoms with van der Waals surface area (Å²) in [5.74, 6) is -0.914. The number of nitrogens with zero attached hydrogens (tertiary/aromatic N) is 3. The monoisotopic (exact) mass is 331 g/mol. The maximum atomic E-state index is 13.1. The Bertz CT molecular complexity index is 796. The highest BCUT2D eigenvalue weighted by molar-refractivity contribution is 6.06. The molecule has 24 heavy (non-hydrogen) atoms. The van der Waals surface area contributed by atoms with E-state index in [0.717, 1.165) is 12.1 Å². The van der Waals surface area contributed by atoms with E-state index in [1.165, 1.54) is 0 Å². The van der Waals surface area contributed by atoms with Crippen LogP contribution in [0.1, 0.15) is 60.8 Å². The average molecular weight is 331 g/mol. The van der Waals surface area contributed by atoms with Crippen molar-refractivity contribution < 1.29 is 19.2 Å². The number of fused-ring (bicyclic) bond motifs is 1. The number of hydrogen-bond acceptors (Lipinski definition) is 5. The van der Waals surface area contributed by atoms with Crippen LogP contribution in [-0.4, -0.2) is 44.6 Å². The van der Waals surface area contributed by atoms with Gasteiger partial charge in [0, 0.05) is 18.3 Å². The van der Waals surface area contributed by atoms with Crippen LogP contribution in [0.4, 0.5) is 0 Å². The molecule has 128 valence electrons. The lowest BCUT2D eigenvalue weighted by Gasteiger charge is -2.24. The van der Waals surface area contributed by atoms with Gasteiger partial charge in [0.05, 0.1) is 23.1 Å². The predicted molar refractivity (Wildman–Crippen MR) is 86.9 cm³/mol. The standard InChI is InChI=1S/C17H21N3O4/c1-9(2)13-8-12(15-10(3)19-24-16(15)18-13)17(23)20-6-4-5-11(20)7-14(21)22/h8-9,11H,4-7H2,1-3H3,(H,21,22). The zero-order chi connectivity index (χ0) is 17.4. The molecule has 3 heterocycles. The number of pyridine rings is 1.